The van der Waals surface area contributed by atoms with Gasteiger partial charge in [-0.05, 0) is 54.7 Å². The number of nitrogens with zero attached hydrogens (tertiary/aromatic N) is 1. The number of aryl methyl sites for hydroxylation is 2. The third-order valence-electron chi connectivity index (χ3n) is 4.83. The molecule has 2 aromatic carbocycles. The van der Waals surface area contributed by atoms with Gasteiger partial charge in [0.05, 0.1) is 6.42 Å². The van der Waals surface area contributed by atoms with Crippen LogP contribution in [0.25, 0.3) is 0 Å². The van der Waals surface area contributed by atoms with E-state index in [1.54, 1.807) is 24.1 Å². The third-order valence-corrected chi connectivity index (χ3v) is 5.08. The zero-order chi connectivity index (χ0) is 20.0. The number of likely N-dealkylation sites (N-methyl/N-ethyl adjacent to an activating group) is 1. The molecule has 0 radical (unpaired) electrons. The molecule has 1 N–H and O–H groups in total. The minimum Gasteiger partial charge on any atom is -0.357 e. The second-order valence-corrected chi connectivity index (χ2v) is 7.22. The maximum Gasteiger partial charge on any atom is 0.242 e. The number of halogens is 1. The lowest BCUT2D eigenvalue weighted by Crippen LogP contribution is -2.48. The van der Waals surface area contributed by atoms with Crippen molar-refractivity contribution in [2.45, 2.75) is 46.2 Å². The normalized spacial score (nSPS) is 11.7. The van der Waals surface area contributed by atoms with Gasteiger partial charge in [-0.2, -0.15) is 0 Å². The Morgan fingerprint density at radius 2 is 1.67 bits per heavy atom. The summed E-state index contributed by atoms with van der Waals surface area (Å²) >= 11 is 5.96. The molecule has 0 aliphatic carbocycles. The molecule has 0 saturated heterocycles. The van der Waals surface area contributed by atoms with Gasteiger partial charge in [0.15, 0.2) is 0 Å². The van der Waals surface area contributed by atoms with Crippen LogP contribution in [0.3, 0.4) is 0 Å². The topological polar surface area (TPSA) is 49.4 Å². The smallest absolute Gasteiger partial charge is 0.242 e. The second kappa shape index (κ2) is 9.56. The summed E-state index contributed by atoms with van der Waals surface area (Å²) in [4.78, 5) is 27.1. The van der Waals surface area contributed by atoms with E-state index in [0.29, 0.717) is 18.0 Å². The number of nitrogens with one attached hydrogen (secondary N) is 1. The largest absolute Gasteiger partial charge is 0.357 e. The summed E-state index contributed by atoms with van der Waals surface area (Å²) in [7, 11) is 1.60. The molecular formula is C22H27ClN2O2. The van der Waals surface area contributed by atoms with Gasteiger partial charge in [-0.1, -0.05) is 48.9 Å². The van der Waals surface area contributed by atoms with Crippen LogP contribution < -0.4 is 5.32 Å². The number of amides is 2. The highest BCUT2D eigenvalue weighted by molar-refractivity contribution is 6.30. The first-order chi connectivity index (χ1) is 12.8. The lowest BCUT2D eigenvalue weighted by atomic mass is 10.0. The highest BCUT2D eigenvalue weighted by Crippen LogP contribution is 2.17. The summed E-state index contributed by atoms with van der Waals surface area (Å²) in [5, 5.41) is 3.32. The Morgan fingerprint density at radius 1 is 1.04 bits per heavy atom. The molecule has 5 heteroatoms. The van der Waals surface area contributed by atoms with Crippen LogP contribution in [-0.4, -0.2) is 29.8 Å². The lowest BCUT2D eigenvalue weighted by Gasteiger charge is -2.30. The monoisotopic (exact) mass is 386 g/mol. The molecular weight excluding hydrogens is 360 g/mol. The summed E-state index contributed by atoms with van der Waals surface area (Å²) in [6.45, 7) is 6.37. The van der Waals surface area contributed by atoms with E-state index in [1.165, 1.54) is 5.56 Å². The lowest BCUT2D eigenvalue weighted by molar-refractivity contribution is -0.140. The van der Waals surface area contributed by atoms with Gasteiger partial charge < -0.3 is 10.2 Å². The molecule has 0 fully saturated rings. The summed E-state index contributed by atoms with van der Waals surface area (Å²) in [6, 6.07) is 12.9. The van der Waals surface area contributed by atoms with Crippen molar-refractivity contribution in [2.24, 2.45) is 0 Å². The third kappa shape index (κ3) is 5.57. The molecule has 0 saturated carbocycles. The maximum atomic E-state index is 13.1. The van der Waals surface area contributed by atoms with E-state index in [2.05, 4.69) is 5.32 Å². The minimum atomic E-state index is -0.510. The first-order valence-corrected chi connectivity index (χ1v) is 9.55. The minimum absolute atomic E-state index is 0.0661. The Morgan fingerprint density at radius 3 is 2.22 bits per heavy atom. The fourth-order valence-corrected chi connectivity index (χ4v) is 3.19. The number of carbonyl (C=O) groups is 2. The van der Waals surface area contributed by atoms with Crippen molar-refractivity contribution >= 4 is 23.4 Å². The molecule has 0 heterocycles. The number of carbonyl (C=O) groups excluding carboxylic acids is 2. The molecule has 1 atom stereocenters. The van der Waals surface area contributed by atoms with Crippen LogP contribution in [0.4, 0.5) is 0 Å². The molecule has 0 aliphatic rings. The van der Waals surface area contributed by atoms with Gasteiger partial charge in [0, 0.05) is 18.6 Å². The first kappa shape index (κ1) is 21.0. The van der Waals surface area contributed by atoms with Crippen LogP contribution in [0.2, 0.25) is 5.02 Å². The maximum absolute atomic E-state index is 13.1. The second-order valence-electron chi connectivity index (χ2n) is 6.78. The number of rotatable bonds is 7. The fourth-order valence-electron chi connectivity index (χ4n) is 3.06. The molecule has 4 nitrogen and oxygen atoms in total. The molecule has 0 bridgehead atoms. The molecule has 2 aromatic rings. The highest BCUT2D eigenvalue weighted by atomic mass is 35.5. The van der Waals surface area contributed by atoms with Gasteiger partial charge in [-0.25, -0.2) is 0 Å². The SMILES string of the molecule is CC[C@H](C(=O)NC)N(Cc1ccc(Cl)cc1)C(=O)Cc1ccc(C)c(C)c1. The summed E-state index contributed by atoms with van der Waals surface area (Å²) in [6.07, 6.45) is 0.814. The molecule has 0 spiro atoms. The molecule has 0 aliphatic heterocycles. The van der Waals surface area contributed by atoms with Gasteiger partial charge >= 0.3 is 0 Å². The van der Waals surface area contributed by atoms with E-state index in [0.717, 1.165) is 16.7 Å². The Balaban J connectivity index is 2.28. The van der Waals surface area contributed by atoms with E-state index in [4.69, 9.17) is 11.6 Å². The van der Waals surface area contributed by atoms with Crippen LogP contribution in [0, 0.1) is 13.8 Å². The number of hydrogen-bond acceptors (Lipinski definition) is 2. The predicted molar refractivity (Wildman–Crippen MR) is 110 cm³/mol. The highest BCUT2D eigenvalue weighted by Gasteiger charge is 2.28. The molecule has 0 unspecified atom stereocenters. The van der Waals surface area contributed by atoms with Crippen molar-refractivity contribution < 1.29 is 9.59 Å². The van der Waals surface area contributed by atoms with Gasteiger partial charge in [-0.15, -0.1) is 0 Å². The average molecular weight is 387 g/mol. The van der Waals surface area contributed by atoms with Crippen LogP contribution in [0.15, 0.2) is 42.5 Å². The van der Waals surface area contributed by atoms with E-state index >= 15 is 0 Å². The van der Waals surface area contributed by atoms with Gasteiger partial charge in [-0.3, -0.25) is 9.59 Å². The van der Waals surface area contributed by atoms with Gasteiger partial charge in [0.1, 0.15) is 6.04 Å². The van der Waals surface area contributed by atoms with Crippen molar-refractivity contribution in [1.29, 1.82) is 0 Å². The van der Waals surface area contributed by atoms with Crippen molar-refractivity contribution in [1.82, 2.24) is 10.2 Å². The standard InChI is InChI=1S/C22H27ClN2O2/c1-5-20(22(27)24-4)25(14-17-8-10-19(23)11-9-17)21(26)13-18-7-6-15(2)16(3)12-18/h6-12,20H,5,13-14H2,1-4H3,(H,24,27)/t20-/m1/s1. The quantitative estimate of drug-likeness (QED) is 0.780. The van der Waals surface area contributed by atoms with E-state index in [1.807, 2.05) is 51.1 Å². The Labute approximate surface area is 166 Å². The number of hydrogen-bond donors (Lipinski definition) is 1. The summed E-state index contributed by atoms with van der Waals surface area (Å²) < 4.78 is 0. The van der Waals surface area contributed by atoms with E-state index in [9.17, 15) is 9.59 Å². The Kier molecular flexibility index (Phi) is 7.43. The van der Waals surface area contributed by atoms with E-state index in [-0.39, 0.29) is 18.2 Å². The molecule has 27 heavy (non-hydrogen) atoms. The van der Waals surface area contributed by atoms with Crippen molar-refractivity contribution in [3.8, 4) is 0 Å². The molecule has 0 aromatic heterocycles. The Bertz CT molecular complexity index is 802. The summed E-state index contributed by atoms with van der Waals surface area (Å²) in [5.74, 6) is -0.219. The first-order valence-electron chi connectivity index (χ1n) is 9.17. The summed E-state index contributed by atoms with van der Waals surface area (Å²) in [5.41, 5.74) is 4.25. The predicted octanol–water partition coefficient (Wildman–Crippen LogP) is 4.05. The van der Waals surface area contributed by atoms with Crippen LogP contribution >= 0.6 is 11.6 Å². The molecule has 2 amide bonds. The van der Waals surface area contributed by atoms with Crippen molar-refractivity contribution in [3.05, 3.63) is 69.7 Å². The fraction of sp³-hybridized carbons (Fsp3) is 0.364. The average Bonchev–Trinajstić information content (AvgIpc) is 2.65. The van der Waals surface area contributed by atoms with E-state index < -0.39 is 6.04 Å². The molecule has 144 valence electrons. The Hall–Kier alpha value is -2.33. The zero-order valence-corrected chi connectivity index (χ0v) is 17.1. The van der Waals surface area contributed by atoms with Crippen molar-refractivity contribution in [2.75, 3.05) is 7.05 Å². The molecule has 2 rings (SSSR count). The van der Waals surface area contributed by atoms with Crippen LogP contribution in [0.5, 0.6) is 0 Å². The van der Waals surface area contributed by atoms with Gasteiger partial charge in [0.25, 0.3) is 0 Å². The van der Waals surface area contributed by atoms with Crippen LogP contribution in [-0.2, 0) is 22.6 Å². The number of benzene rings is 2. The zero-order valence-electron chi connectivity index (χ0n) is 16.4. The van der Waals surface area contributed by atoms with Gasteiger partial charge in [0.2, 0.25) is 11.8 Å². The van der Waals surface area contributed by atoms with Crippen molar-refractivity contribution in [3.63, 3.8) is 0 Å². The van der Waals surface area contributed by atoms with Crippen LogP contribution in [0.1, 0.15) is 35.6 Å².